The van der Waals surface area contributed by atoms with E-state index in [-0.39, 0.29) is 5.91 Å². The van der Waals surface area contributed by atoms with Crippen LogP contribution in [0.15, 0.2) is 48.0 Å². The van der Waals surface area contributed by atoms with E-state index >= 15 is 0 Å². The first-order chi connectivity index (χ1) is 12.1. The molecule has 0 radical (unpaired) electrons. The molecule has 2 aromatic heterocycles. The third kappa shape index (κ3) is 3.94. The van der Waals surface area contributed by atoms with Gasteiger partial charge in [0.05, 0.1) is 11.4 Å². The van der Waals surface area contributed by atoms with Crippen molar-refractivity contribution < 1.29 is 4.79 Å². The zero-order chi connectivity index (χ0) is 17.8. The molecule has 0 aliphatic rings. The lowest BCUT2D eigenvalue weighted by molar-refractivity contribution is -0.131. The summed E-state index contributed by atoms with van der Waals surface area (Å²) in [5, 5.41) is 3.65. The smallest absolute Gasteiger partial charge is 0.242 e. The number of hydrogen-bond donors (Lipinski definition) is 0. The number of thiazole rings is 1. The first kappa shape index (κ1) is 17.7. The second-order valence-electron chi connectivity index (χ2n) is 5.63. The zero-order valence-corrected chi connectivity index (χ0v) is 15.8. The van der Waals surface area contributed by atoms with Crippen molar-refractivity contribution in [2.75, 3.05) is 13.1 Å². The Balaban J connectivity index is 1.83. The summed E-state index contributed by atoms with van der Waals surface area (Å²) in [4.78, 5) is 19.0. The Hall–Kier alpha value is -2.11. The molecule has 0 saturated carbocycles. The van der Waals surface area contributed by atoms with Crippen molar-refractivity contribution in [1.82, 2.24) is 14.5 Å². The molecule has 0 unspecified atom stereocenters. The molecule has 3 aromatic rings. The van der Waals surface area contributed by atoms with Gasteiger partial charge in [0.25, 0.3) is 0 Å². The van der Waals surface area contributed by atoms with Gasteiger partial charge in [-0.3, -0.25) is 4.79 Å². The average molecular weight is 374 g/mol. The highest BCUT2D eigenvalue weighted by atomic mass is 35.5. The maximum atomic E-state index is 12.4. The van der Waals surface area contributed by atoms with Crippen LogP contribution in [0.4, 0.5) is 0 Å². The second-order valence-corrected chi connectivity index (χ2v) is 6.93. The number of nitrogens with zero attached hydrogens (tertiary/aromatic N) is 3. The van der Waals surface area contributed by atoms with Gasteiger partial charge < -0.3 is 9.47 Å². The molecule has 0 aliphatic carbocycles. The van der Waals surface area contributed by atoms with Gasteiger partial charge in [0.15, 0.2) is 0 Å². The van der Waals surface area contributed by atoms with Crippen molar-refractivity contribution >= 4 is 28.8 Å². The van der Waals surface area contributed by atoms with Gasteiger partial charge in [-0.25, -0.2) is 4.98 Å². The van der Waals surface area contributed by atoms with Crippen LogP contribution in [0.1, 0.15) is 13.8 Å². The topological polar surface area (TPSA) is 38.1 Å². The van der Waals surface area contributed by atoms with Crippen molar-refractivity contribution in [2.45, 2.75) is 20.4 Å². The van der Waals surface area contributed by atoms with Crippen LogP contribution in [0.5, 0.6) is 0 Å². The van der Waals surface area contributed by atoms with E-state index in [0.717, 1.165) is 35.0 Å². The third-order valence-corrected chi connectivity index (χ3v) is 5.23. The molecule has 3 rings (SSSR count). The van der Waals surface area contributed by atoms with Gasteiger partial charge in [-0.15, -0.1) is 11.3 Å². The largest absolute Gasteiger partial charge is 0.342 e. The Morgan fingerprint density at radius 2 is 1.92 bits per heavy atom. The highest BCUT2D eigenvalue weighted by Gasteiger charge is 2.15. The summed E-state index contributed by atoms with van der Waals surface area (Å²) in [5.74, 6) is 0.122. The zero-order valence-electron chi connectivity index (χ0n) is 14.3. The van der Waals surface area contributed by atoms with Crippen LogP contribution in [0.2, 0.25) is 5.02 Å². The molecule has 0 saturated heterocycles. The van der Waals surface area contributed by atoms with Gasteiger partial charge in [0.2, 0.25) is 5.91 Å². The highest BCUT2D eigenvalue weighted by molar-refractivity contribution is 7.13. The number of halogens is 1. The summed E-state index contributed by atoms with van der Waals surface area (Å²) >= 11 is 7.52. The standard InChI is InChI=1S/C19H20ClN3OS/c1-3-22(4-2)18(24)12-23-11-5-6-17(23)19-21-16(13-25-19)14-7-9-15(20)10-8-14/h5-11,13H,3-4,12H2,1-2H3. The third-order valence-electron chi connectivity index (χ3n) is 4.11. The molecular weight excluding hydrogens is 354 g/mol. The number of likely N-dealkylation sites (N-methyl/N-ethyl adjacent to an activating group) is 1. The Morgan fingerprint density at radius 3 is 2.60 bits per heavy atom. The average Bonchev–Trinajstić information content (AvgIpc) is 3.25. The molecule has 130 valence electrons. The number of carbonyl (C=O) groups is 1. The Bertz CT molecular complexity index is 850. The molecule has 1 aromatic carbocycles. The minimum absolute atomic E-state index is 0.122. The Morgan fingerprint density at radius 1 is 1.20 bits per heavy atom. The van der Waals surface area contributed by atoms with E-state index in [0.29, 0.717) is 11.6 Å². The van der Waals surface area contributed by atoms with Crippen molar-refractivity contribution in [3.63, 3.8) is 0 Å². The summed E-state index contributed by atoms with van der Waals surface area (Å²) in [6.45, 7) is 5.78. The monoisotopic (exact) mass is 373 g/mol. The molecule has 1 amide bonds. The molecule has 0 spiro atoms. The van der Waals surface area contributed by atoms with Crippen molar-refractivity contribution in [3.05, 3.63) is 53.0 Å². The fourth-order valence-electron chi connectivity index (χ4n) is 2.71. The second kappa shape index (κ2) is 7.85. The number of aromatic nitrogens is 2. The predicted octanol–water partition coefficient (Wildman–Crippen LogP) is 4.80. The lowest BCUT2D eigenvalue weighted by Gasteiger charge is -2.19. The summed E-state index contributed by atoms with van der Waals surface area (Å²) in [6, 6.07) is 11.6. The van der Waals surface area contributed by atoms with Crippen molar-refractivity contribution in [3.8, 4) is 22.0 Å². The molecule has 0 atom stereocenters. The van der Waals surface area contributed by atoms with E-state index < -0.39 is 0 Å². The summed E-state index contributed by atoms with van der Waals surface area (Å²) < 4.78 is 1.96. The van der Waals surface area contributed by atoms with E-state index in [1.54, 1.807) is 11.3 Å². The van der Waals surface area contributed by atoms with Gasteiger partial charge in [-0.1, -0.05) is 23.7 Å². The van der Waals surface area contributed by atoms with E-state index in [2.05, 4.69) is 0 Å². The first-order valence-electron chi connectivity index (χ1n) is 8.27. The molecule has 0 bridgehead atoms. The molecular formula is C19H20ClN3OS. The lowest BCUT2D eigenvalue weighted by atomic mass is 10.2. The van der Waals surface area contributed by atoms with Crippen LogP contribution in [-0.2, 0) is 11.3 Å². The molecule has 0 aliphatic heterocycles. The van der Waals surface area contributed by atoms with E-state index in [1.165, 1.54) is 0 Å². The summed E-state index contributed by atoms with van der Waals surface area (Å²) in [6.07, 6.45) is 1.93. The van der Waals surface area contributed by atoms with Gasteiger partial charge in [0.1, 0.15) is 11.6 Å². The summed E-state index contributed by atoms with van der Waals surface area (Å²) in [5.41, 5.74) is 2.91. The number of benzene rings is 1. The number of rotatable bonds is 6. The van der Waals surface area contributed by atoms with Gasteiger partial charge in [-0.2, -0.15) is 0 Å². The quantitative estimate of drug-likeness (QED) is 0.622. The van der Waals surface area contributed by atoms with Crippen LogP contribution < -0.4 is 0 Å². The molecule has 6 heteroatoms. The van der Waals surface area contributed by atoms with Crippen LogP contribution in [0.3, 0.4) is 0 Å². The van der Waals surface area contributed by atoms with E-state index in [1.807, 2.05) is 71.3 Å². The van der Waals surface area contributed by atoms with Crippen LogP contribution >= 0.6 is 22.9 Å². The van der Waals surface area contributed by atoms with E-state index in [4.69, 9.17) is 16.6 Å². The fourth-order valence-corrected chi connectivity index (χ4v) is 3.71. The number of amides is 1. The van der Waals surface area contributed by atoms with Crippen molar-refractivity contribution in [1.29, 1.82) is 0 Å². The maximum Gasteiger partial charge on any atom is 0.242 e. The lowest BCUT2D eigenvalue weighted by Crippen LogP contribution is -2.33. The Labute approximate surface area is 156 Å². The molecule has 25 heavy (non-hydrogen) atoms. The predicted molar refractivity (Wildman–Crippen MR) is 104 cm³/mol. The summed E-state index contributed by atoms with van der Waals surface area (Å²) in [7, 11) is 0. The number of carbonyl (C=O) groups excluding carboxylic acids is 1. The van der Waals surface area contributed by atoms with Crippen LogP contribution in [0.25, 0.3) is 22.0 Å². The van der Waals surface area contributed by atoms with Crippen LogP contribution in [0, 0.1) is 0 Å². The van der Waals surface area contributed by atoms with Crippen molar-refractivity contribution in [2.24, 2.45) is 0 Å². The number of hydrogen-bond acceptors (Lipinski definition) is 3. The minimum Gasteiger partial charge on any atom is -0.342 e. The first-order valence-corrected chi connectivity index (χ1v) is 9.53. The van der Waals surface area contributed by atoms with Crippen LogP contribution in [-0.4, -0.2) is 33.4 Å². The van der Waals surface area contributed by atoms with Gasteiger partial charge >= 0.3 is 0 Å². The molecule has 0 N–H and O–H groups in total. The van der Waals surface area contributed by atoms with Gasteiger partial charge in [-0.05, 0) is 38.1 Å². The molecule has 0 fully saturated rings. The van der Waals surface area contributed by atoms with Gasteiger partial charge in [0, 0.05) is 35.3 Å². The minimum atomic E-state index is 0.122. The fraction of sp³-hybridized carbons (Fsp3) is 0.263. The molecule has 2 heterocycles. The SMILES string of the molecule is CCN(CC)C(=O)Cn1cccc1-c1nc(-c2ccc(Cl)cc2)cs1. The normalized spacial score (nSPS) is 10.8. The Kier molecular flexibility index (Phi) is 5.56. The highest BCUT2D eigenvalue weighted by Crippen LogP contribution is 2.29. The van der Waals surface area contributed by atoms with E-state index in [9.17, 15) is 4.79 Å². The maximum absolute atomic E-state index is 12.4. The molecule has 4 nitrogen and oxygen atoms in total.